The summed E-state index contributed by atoms with van der Waals surface area (Å²) in [6.45, 7) is 1.83. The number of carbonyl (C=O) groups excluding carboxylic acids is 1. The van der Waals surface area contributed by atoms with Crippen LogP contribution in [0.25, 0.3) is 11.0 Å². The van der Waals surface area contributed by atoms with Gasteiger partial charge in [0, 0.05) is 38.4 Å². The van der Waals surface area contributed by atoms with Crippen LogP contribution in [0.1, 0.15) is 30.4 Å². The molecule has 1 fully saturated rings. The van der Waals surface area contributed by atoms with Gasteiger partial charge in [0.05, 0.1) is 22.6 Å². The lowest BCUT2D eigenvalue weighted by Crippen LogP contribution is -2.44. The number of hydrogen-bond donors (Lipinski definition) is 2. The van der Waals surface area contributed by atoms with Crippen LogP contribution in [0.15, 0.2) is 30.6 Å². The smallest absolute Gasteiger partial charge is 0.317 e. The Morgan fingerprint density at radius 3 is 2.88 bits per heavy atom. The molecule has 0 spiro atoms. The number of halogens is 1. The minimum Gasteiger partial charge on any atom is -0.348 e. The molecule has 0 aliphatic carbocycles. The average molecular weight is 373 g/mol. The quantitative estimate of drug-likeness (QED) is 0.741. The minimum absolute atomic E-state index is 0.0546. The zero-order valence-electron chi connectivity index (χ0n) is 14.6. The van der Waals surface area contributed by atoms with Crippen molar-refractivity contribution in [3.63, 3.8) is 0 Å². The summed E-state index contributed by atoms with van der Waals surface area (Å²) in [6, 6.07) is 5.59. The molecule has 0 bridgehead atoms. The highest BCUT2D eigenvalue weighted by Gasteiger charge is 2.25. The van der Waals surface area contributed by atoms with E-state index in [-0.39, 0.29) is 6.03 Å². The largest absolute Gasteiger partial charge is 0.348 e. The summed E-state index contributed by atoms with van der Waals surface area (Å²) in [5.74, 6) is 2.20. The summed E-state index contributed by atoms with van der Waals surface area (Å²) in [5, 5.41) is 3.64. The number of aromatic amines is 1. The summed E-state index contributed by atoms with van der Waals surface area (Å²) < 4.78 is 1.93. The molecule has 3 heterocycles. The summed E-state index contributed by atoms with van der Waals surface area (Å²) in [5.41, 5.74) is 1.72. The molecule has 1 aromatic carbocycles. The van der Waals surface area contributed by atoms with Crippen molar-refractivity contribution in [2.24, 2.45) is 7.05 Å². The lowest BCUT2D eigenvalue weighted by atomic mass is 9.96. The number of hydrogen-bond acceptors (Lipinski definition) is 3. The Bertz CT molecular complexity index is 911. The van der Waals surface area contributed by atoms with Gasteiger partial charge in [0.1, 0.15) is 11.6 Å². The maximum atomic E-state index is 12.5. The Morgan fingerprint density at radius 1 is 1.38 bits per heavy atom. The van der Waals surface area contributed by atoms with Crippen LogP contribution < -0.4 is 5.32 Å². The zero-order chi connectivity index (χ0) is 18.1. The summed E-state index contributed by atoms with van der Waals surface area (Å²) >= 11 is 6.25. The Labute approximate surface area is 156 Å². The van der Waals surface area contributed by atoms with Crippen molar-refractivity contribution in [1.82, 2.24) is 29.7 Å². The first kappa shape index (κ1) is 16.9. The number of imidazole rings is 2. The Hall–Kier alpha value is -2.54. The first-order valence-corrected chi connectivity index (χ1v) is 9.13. The van der Waals surface area contributed by atoms with Gasteiger partial charge in [0.25, 0.3) is 0 Å². The Morgan fingerprint density at radius 2 is 2.19 bits per heavy atom. The molecule has 2 N–H and O–H groups in total. The maximum Gasteiger partial charge on any atom is 0.317 e. The van der Waals surface area contributed by atoms with Gasteiger partial charge >= 0.3 is 6.03 Å². The lowest BCUT2D eigenvalue weighted by Gasteiger charge is -2.31. The molecule has 1 saturated heterocycles. The molecular weight excluding hydrogens is 352 g/mol. The molecule has 7 nitrogen and oxygen atoms in total. The monoisotopic (exact) mass is 372 g/mol. The number of nitrogens with zero attached hydrogens (tertiary/aromatic N) is 4. The summed E-state index contributed by atoms with van der Waals surface area (Å²) in [4.78, 5) is 26.4. The van der Waals surface area contributed by atoms with E-state index in [1.54, 1.807) is 6.20 Å². The number of carbonyl (C=O) groups is 1. The predicted octanol–water partition coefficient (Wildman–Crippen LogP) is 3.04. The fourth-order valence-corrected chi connectivity index (χ4v) is 3.85. The SMILES string of the molecule is Cn1c(CNC(=O)N2CCC(c3ncc[nH]3)CC2)nc2cccc(Cl)c21. The van der Waals surface area contributed by atoms with E-state index in [0.29, 0.717) is 17.5 Å². The fourth-order valence-electron chi connectivity index (χ4n) is 3.55. The molecule has 0 saturated carbocycles. The highest BCUT2D eigenvalue weighted by Crippen LogP contribution is 2.26. The van der Waals surface area contributed by atoms with Gasteiger partial charge in [-0.15, -0.1) is 0 Å². The number of H-pyrrole nitrogens is 1. The van der Waals surface area contributed by atoms with Crippen molar-refractivity contribution in [3.05, 3.63) is 47.3 Å². The van der Waals surface area contributed by atoms with Gasteiger partial charge in [0.2, 0.25) is 0 Å². The molecule has 2 aromatic heterocycles. The van der Waals surface area contributed by atoms with Crippen molar-refractivity contribution in [2.75, 3.05) is 13.1 Å². The number of piperidine rings is 1. The minimum atomic E-state index is -0.0546. The van der Waals surface area contributed by atoms with Gasteiger partial charge in [-0.25, -0.2) is 14.8 Å². The van der Waals surface area contributed by atoms with Gasteiger partial charge < -0.3 is 19.8 Å². The summed E-state index contributed by atoms with van der Waals surface area (Å²) in [6.07, 6.45) is 5.46. The predicted molar refractivity (Wildman–Crippen MR) is 100 cm³/mol. The normalized spacial score (nSPS) is 15.5. The highest BCUT2D eigenvalue weighted by molar-refractivity contribution is 6.35. The van der Waals surface area contributed by atoms with Crippen LogP contribution in [-0.4, -0.2) is 43.5 Å². The number of likely N-dealkylation sites (tertiary alicyclic amines) is 1. The molecule has 0 atom stereocenters. The second kappa shape index (κ2) is 6.99. The van der Waals surface area contributed by atoms with Crippen LogP contribution in [0, 0.1) is 0 Å². The van der Waals surface area contributed by atoms with Crippen molar-refractivity contribution < 1.29 is 4.79 Å². The van der Waals surface area contributed by atoms with E-state index < -0.39 is 0 Å². The number of amides is 2. The number of rotatable bonds is 3. The molecule has 0 unspecified atom stereocenters. The number of aromatic nitrogens is 4. The molecule has 8 heteroatoms. The molecule has 3 aromatic rings. The number of benzene rings is 1. The topological polar surface area (TPSA) is 78.8 Å². The zero-order valence-corrected chi connectivity index (χ0v) is 15.3. The van der Waals surface area contributed by atoms with E-state index in [4.69, 9.17) is 11.6 Å². The first-order chi connectivity index (χ1) is 12.6. The van der Waals surface area contributed by atoms with E-state index in [0.717, 1.165) is 48.6 Å². The molecule has 136 valence electrons. The average Bonchev–Trinajstić information content (AvgIpc) is 3.29. The maximum absolute atomic E-state index is 12.5. The van der Waals surface area contributed by atoms with E-state index in [1.807, 2.05) is 40.9 Å². The lowest BCUT2D eigenvalue weighted by molar-refractivity contribution is 0.179. The molecule has 0 radical (unpaired) electrons. The number of aryl methyl sites for hydroxylation is 1. The third kappa shape index (κ3) is 3.14. The van der Waals surface area contributed by atoms with Crippen LogP contribution >= 0.6 is 11.6 Å². The molecule has 4 rings (SSSR count). The standard InChI is InChI=1S/C18H21ClN6O/c1-24-15(23-14-4-2-3-13(19)16(14)24)11-22-18(26)25-9-5-12(6-10-25)17-20-7-8-21-17/h2-4,7-8,12H,5-6,9-11H2,1H3,(H,20,21)(H,22,26). The van der Waals surface area contributed by atoms with Crippen LogP contribution in [0.2, 0.25) is 5.02 Å². The number of para-hydroxylation sites is 1. The Balaban J connectivity index is 1.36. The molecular formula is C18H21ClN6O. The van der Waals surface area contributed by atoms with Crippen LogP contribution in [-0.2, 0) is 13.6 Å². The third-order valence-corrected chi connectivity index (χ3v) is 5.33. The number of urea groups is 1. The Kier molecular flexibility index (Phi) is 4.55. The first-order valence-electron chi connectivity index (χ1n) is 8.75. The van der Waals surface area contributed by atoms with Crippen molar-refractivity contribution in [1.29, 1.82) is 0 Å². The fraction of sp³-hybridized carbons (Fsp3) is 0.389. The van der Waals surface area contributed by atoms with E-state index in [9.17, 15) is 4.79 Å². The van der Waals surface area contributed by atoms with Crippen molar-refractivity contribution in [2.45, 2.75) is 25.3 Å². The van der Waals surface area contributed by atoms with Gasteiger partial charge in [-0.2, -0.15) is 0 Å². The van der Waals surface area contributed by atoms with Gasteiger partial charge in [-0.3, -0.25) is 0 Å². The van der Waals surface area contributed by atoms with Gasteiger partial charge in [-0.05, 0) is 25.0 Å². The van der Waals surface area contributed by atoms with Crippen LogP contribution in [0.3, 0.4) is 0 Å². The highest BCUT2D eigenvalue weighted by atomic mass is 35.5. The molecule has 2 amide bonds. The van der Waals surface area contributed by atoms with Gasteiger partial charge in [-0.1, -0.05) is 17.7 Å². The van der Waals surface area contributed by atoms with Gasteiger partial charge in [0.15, 0.2) is 0 Å². The van der Waals surface area contributed by atoms with Crippen molar-refractivity contribution >= 4 is 28.7 Å². The number of nitrogens with one attached hydrogen (secondary N) is 2. The van der Waals surface area contributed by atoms with Crippen LogP contribution in [0.4, 0.5) is 4.79 Å². The second-order valence-corrected chi connectivity index (χ2v) is 7.00. The molecule has 1 aliphatic heterocycles. The van der Waals surface area contributed by atoms with E-state index in [2.05, 4.69) is 20.3 Å². The summed E-state index contributed by atoms with van der Waals surface area (Å²) in [7, 11) is 1.91. The van der Waals surface area contributed by atoms with Crippen molar-refractivity contribution in [3.8, 4) is 0 Å². The number of fused-ring (bicyclic) bond motifs is 1. The second-order valence-electron chi connectivity index (χ2n) is 6.59. The molecule has 26 heavy (non-hydrogen) atoms. The third-order valence-electron chi connectivity index (χ3n) is 5.02. The van der Waals surface area contributed by atoms with Crippen LogP contribution in [0.5, 0.6) is 0 Å². The molecule has 1 aliphatic rings. The van der Waals surface area contributed by atoms with E-state index in [1.165, 1.54) is 0 Å². The van der Waals surface area contributed by atoms with E-state index >= 15 is 0 Å².